The quantitative estimate of drug-likeness (QED) is 0.385. The summed E-state index contributed by atoms with van der Waals surface area (Å²) in [5, 5.41) is 6.64. The summed E-state index contributed by atoms with van der Waals surface area (Å²) in [4.78, 5) is 41.6. The summed E-state index contributed by atoms with van der Waals surface area (Å²) in [6.45, 7) is 0. The van der Waals surface area contributed by atoms with Crippen LogP contribution in [0.2, 0.25) is 0 Å². The Morgan fingerprint density at radius 2 is 1.86 bits per heavy atom. The van der Waals surface area contributed by atoms with Crippen LogP contribution < -0.4 is 21.1 Å². The maximum absolute atomic E-state index is 13.1. The first-order chi connectivity index (χ1) is 16.9. The van der Waals surface area contributed by atoms with Gasteiger partial charge in [-0.3, -0.25) is 19.4 Å². The number of carbonyl (C=O) groups is 3. The molecule has 0 atom stereocenters. The highest BCUT2D eigenvalue weighted by Crippen LogP contribution is 2.31. The molecule has 1 aliphatic rings. The minimum absolute atomic E-state index is 0.0834. The number of methoxy groups -OCH3 is 1. The van der Waals surface area contributed by atoms with Gasteiger partial charge in [-0.1, -0.05) is 12.1 Å². The Morgan fingerprint density at radius 3 is 2.66 bits per heavy atom. The SMILES string of the molecule is COc1cccc(Nc2c(C(N)=O)cnc3ccc(C(=O)Nc4ccc5c(c4)C(=O)CC5)cc23)c1. The Morgan fingerprint density at radius 1 is 1.00 bits per heavy atom. The van der Waals surface area contributed by atoms with Crippen LogP contribution in [0.3, 0.4) is 0 Å². The van der Waals surface area contributed by atoms with E-state index in [1.54, 1.807) is 49.6 Å². The first-order valence-corrected chi connectivity index (χ1v) is 11.0. The Hall–Kier alpha value is -4.72. The van der Waals surface area contributed by atoms with E-state index in [1.807, 2.05) is 18.2 Å². The number of fused-ring (bicyclic) bond motifs is 2. The van der Waals surface area contributed by atoms with Crippen molar-refractivity contribution in [2.75, 3.05) is 17.7 Å². The zero-order valence-corrected chi connectivity index (χ0v) is 18.9. The molecule has 8 nitrogen and oxygen atoms in total. The van der Waals surface area contributed by atoms with Gasteiger partial charge in [-0.15, -0.1) is 0 Å². The molecule has 0 unspecified atom stereocenters. The molecule has 0 saturated heterocycles. The van der Waals surface area contributed by atoms with Crippen LogP contribution in [0.1, 0.15) is 43.1 Å². The number of aromatic nitrogens is 1. The number of ketones is 1. The molecule has 174 valence electrons. The second-order valence-corrected chi connectivity index (χ2v) is 8.25. The van der Waals surface area contributed by atoms with Gasteiger partial charge in [0, 0.05) is 46.6 Å². The smallest absolute Gasteiger partial charge is 0.255 e. The molecule has 0 fully saturated rings. The molecule has 0 aliphatic heterocycles. The number of primary amides is 1. The van der Waals surface area contributed by atoms with Crippen molar-refractivity contribution < 1.29 is 19.1 Å². The Balaban J connectivity index is 1.52. The van der Waals surface area contributed by atoms with Gasteiger partial charge in [0.25, 0.3) is 11.8 Å². The molecule has 2 amide bonds. The second-order valence-electron chi connectivity index (χ2n) is 8.25. The summed E-state index contributed by atoms with van der Waals surface area (Å²) in [7, 11) is 1.57. The Bertz CT molecular complexity index is 1510. The van der Waals surface area contributed by atoms with E-state index in [2.05, 4.69) is 15.6 Å². The molecule has 35 heavy (non-hydrogen) atoms. The number of anilines is 3. The van der Waals surface area contributed by atoms with Crippen LogP contribution in [-0.4, -0.2) is 29.7 Å². The van der Waals surface area contributed by atoms with Crippen molar-refractivity contribution in [3.8, 4) is 5.75 Å². The van der Waals surface area contributed by atoms with Gasteiger partial charge in [0.1, 0.15) is 5.75 Å². The standard InChI is InChI=1S/C27H22N4O4/c1-35-19-4-2-3-17(12-19)30-25-21-11-16(6-9-23(21)29-14-22(25)26(28)33)27(34)31-18-8-5-15-7-10-24(32)20(15)13-18/h2-6,8-9,11-14H,7,10H2,1H3,(H2,28,33)(H,29,30)(H,31,34). The molecule has 5 rings (SSSR count). The summed E-state index contributed by atoms with van der Waals surface area (Å²) in [5.41, 5.74) is 10.1. The fourth-order valence-corrected chi connectivity index (χ4v) is 4.22. The van der Waals surface area contributed by atoms with Gasteiger partial charge in [0.05, 0.1) is 23.9 Å². The Labute approximate surface area is 201 Å². The van der Waals surface area contributed by atoms with Crippen LogP contribution in [0, 0.1) is 0 Å². The number of nitrogens with two attached hydrogens (primary N) is 1. The van der Waals surface area contributed by atoms with E-state index in [0.717, 1.165) is 12.0 Å². The normalized spacial score (nSPS) is 12.3. The van der Waals surface area contributed by atoms with Gasteiger partial charge >= 0.3 is 0 Å². The number of nitrogens with one attached hydrogen (secondary N) is 2. The first-order valence-electron chi connectivity index (χ1n) is 11.0. The van der Waals surface area contributed by atoms with Crippen molar-refractivity contribution in [3.05, 3.63) is 89.1 Å². The number of pyridine rings is 1. The zero-order valence-electron chi connectivity index (χ0n) is 18.9. The van der Waals surface area contributed by atoms with Gasteiger partial charge in [-0.25, -0.2) is 0 Å². The van der Waals surface area contributed by atoms with Crippen LogP contribution in [0.4, 0.5) is 17.1 Å². The number of hydrogen-bond acceptors (Lipinski definition) is 6. The van der Waals surface area contributed by atoms with Crippen molar-refractivity contribution in [1.29, 1.82) is 0 Å². The lowest BCUT2D eigenvalue weighted by Crippen LogP contribution is -2.15. The molecular formula is C27H22N4O4. The number of nitrogens with zero attached hydrogens (tertiary/aromatic N) is 1. The van der Waals surface area contributed by atoms with Gasteiger partial charge in [0.2, 0.25) is 0 Å². The van der Waals surface area contributed by atoms with Gasteiger partial charge in [-0.05, 0) is 54.4 Å². The maximum atomic E-state index is 13.1. The number of rotatable bonds is 6. The highest BCUT2D eigenvalue weighted by atomic mass is 16.5. The van der Waals surface area contributed by atoms with Crippen molar-refractivity contribution in [1.82, 2.24) is 4.98 Å². The molecule has 1 aromatic heterocycles. The third-order valence-electron chi connectivity index (χ3n) is 6.02. The van der Waals surface area contributed by atoms with Crippen molar-refractivity contribution in [3.63, 3.8) is 0 Å². The van der Waals surface area contributed by atoms with Crippen LogP contribution in [0.15, 0.2) is 66.9 Å². The lowest BCUT2D eigenvalue weighted by atomic mass is 10.0. The number of ether oxygens (including phenoxy) is 1. The van der Waals surface area contributed by atoms with E-state index in [4.69, 9.17) is 10.5 Å². The molecule has 0 radical (unpaired) electrons. The van der Waals surface area contributed by atoms with Crippen molar-refractivity contribution in [2.45, 2.75) is 12.8 Å². The lowest BCUT2D eigenvalue weighted by molar-refractivity contribution is 0.0988. The summed E-state index contributed by atoms with van der Waals surface area (Å²) >= 11 is 0. The van der Waals surface area contributed by atoms with Crippen LogP contribution >= 0.6 is 0 Å². The number of carbonyl (C=O) groups excluding carboxylic acids is 3. The number of Topliss-reactive ketones (excluding diaryl/α,β-unsaturated/α-hetero) is 1. The minimum Gasteiger partial charge on any atom is -0.497 e. The van der Waals surface area contributed by atoms with Crippen LogP contribution in [-0.2, 0) is 6.42 Å². The highest BCUT2D eigenvalue weighted by Gasteiger charge is 2.20. The predicted octanol–water partition coefficient (Wildman–Crippen LogP) is 4.47. The average Bonchev–Trinajstić information content (AvgIpc) is 3.23. The van der Waals surface area contributed by atoms with E-state index >= 15 is 0 Å². The monoisotopic (exact) mass is 466 g/mol. The minimum atomic E-state index is -0.651. The molecule has 0 saturated carbocycles. The lowest BCUT2D eigenvalue weighted by Gasteiger charge is -2.15. The second kappa shape index (κ2) is 8.90. The number of amides is 2. The van der Waals surface area contributed by atoms with Gasteiger partial charge in [0.15, 0.2) is 5.78 Å². The summed E-state index contributed by atoms with van der Waals surface area (Å²) in [6.07, 6.45) is 2.63. The third kappa shape index (κ3) is 4.29. The summed E-state index contributed by atoms with van der Waals surface area (Å²) < 4.78 is 5.28. The van der Waals surface area contributed by atoms with Gasteiger partial charge in [-0.2, -0.15) is 0 Å². The fraction of sp³-hybridized carbons (Fsp3) is 0.111. The molecule has 4 N–H and O–H groups in total. The Kier molecular flexibility index (Phi) is 5.62. The summed E-state index contributed by atoms with van der Waals surface area (Å²) in [6, 6.07) is 17.6. The zero-order chi connectivity index (χ0) is 24.5. The molecule has 1 aliphatic carbocycles. The third-order valence-corrected chi connectivity index (χ3v) is 6.02. The topological polar surface area (TPSA) is 123 Å². The molecule has 3 aromatic carbocycles. The van der Waals surface area contributed by atoms with E-state index < -0.39 is 5.91 Å². The van der Waals surface area contributed by atoms with E-state index in [-0.39, 0.29) is 17.3 Å². The largest absolute Gasteiger partial charge is 0.497 e. The molecule has 0 spiro atoms. The molecular weight excluding hydrogens is 444 g/mol. The first kappa shape index (κ1) is 22.1. The number of aryl methyl sites for hydroxylation is 1. The van der Waals surface area contributed by atoms with E-state index in [9.17, 15) is 14.4 Å². The van der Waals surface area contributed by atoms with Crippen LogP contribution in [0.5, 0.6) is 5.75 Å². The molecule has 1 heterocycles. The number of hydrogen-bond donors (Lipinski definition) is 3. The van der Waals surface area contributed by atoms with Crippen molar-refractivity contribution in [2.24, 2.45) is 5.73 Å². The van der Waals surface area contributed by atoms with Gasteiger partial charge < -0.3 is 21.1 Å². The summed E-state index contributed by atoms with van der Waals surface area (Å²) in [5.74, 6) is -0.279. The fourth-order valence-electron chi connectivity index (χ4n) is 4.22. The van der Waals surface area contributed by atoms with Crippen LogP contribution in [0.25, 0.3) is 10.9 Å². The molecule has 8 heteroatoms. The number of benzene rings is 3. The van der Waals surface area contributed by atoms with E-state index in [0.29, 0.717) is 51.3 Å². The molecule has 0 bridgehead atoms. The van der Waals surface area contributed by atoms with E-state index in [1.165, 1.54) is 6.20 Å². The van der Waals surface area contributed by atoms with Crippen molar-refractivity contribution >= 4 is 45.6 Å². The average molecular weight is 466 g/mol. The maximum Gasteiger partial charge on any atom is 0.255 e. The predicted molar refractivity (Wildman–Crippen MR) is 134 cm³/mol. The highest BCUT2D eigenvalue weighted by molar-refractivity contribution is 6.11. The molecule has 4 aromatic rings.